The summed E-state index contributed by atoms with van der Waals surface area (Å²) in [6, 6.07) is 8.29. The van der Waals surface area contributed by atoms with Crippen molar-refractivity contribution in [1.29, 1.82) is 0 Å². The monoisotopic (exact) mass is 297 g/mol. The number of ether oxygens (including phenoxy) is 1. The number of methoxy groups -OCH3 is 1. The molecular weight excluding hydrogens is 282 g/mol. The molecule has 92 valence electrons. The van der Waals surface area contributed by atoms with Gasteiger partial charge in [0.15, 0.2) is 0 Å². The molecule has 4 heteroatoms. The number of hydrogen-bond donors (Lipinski definition) is 0. The predicted octanol–water partition coefficient (Wildman–Crippen LogP) is 2.84. The van der Waals surface area contributed by atoms with Gasteiger partial charge < -0.3 is 9.64 Å². The summed E-state index contributed by atoms with van der Waals surface area (Å²) in [4.78, 5) is 13.5. The van der Waals surface area contributed by atoms with E-state index in [2.05, 4.69) is 33.0 Å². The summed E-state index contributed by atoms with van der Waals surface area (Å²) in [6.45, 7) is 1.96. The zero-order valence-electron chi connectivity index (χ0n) is 9.86. The first-order chi connectivity index (χ1) is 8.19. The van der Waals surface area contributed by atoms with E-state index in [9.17, 15) is 4.79 Å². The van der Waals surface area contributed by atoms with Crippen LogP contribution in [0.25, 0.3) is 0 Å². The number of hydrogen-bond acceptors (Lipinski definition) is 3. The van der Waals surface area contributed by atoms with Crippen molar-refractivity contribution in [2.45, 2.75) is 12.8 Å². The van der Waals surface area contributed by atoms with Gasteiger partial charge in [0.2, 0.25) is 0 Å². The maximum absolute atomic E-state index is 11.2. The molecule has 0 bridgehead atoms. The molecule has 1 aromatic carbocycles. The lowest BCUT2D eigenvalue weighted by molar-refractivity contribution is -0.141. The molecule has 1 fully saturated rings. The van der Waals surface area contributed by atoms with Gasteiger partial charge in [-0.3, -0.25) is 4.79 Å². The molecule has 1 aliphatic heterocycles. The molecule has 17 heavy (non-hydrogen) atoms. The van der Waals surface area contributed by atoms with Crippen molar-refractivity contribution in [2.24, 2.45) is 5.92 Å². The van der Waals surface area contributed by atoms with Gasteiger partial charge in [-0.1, -0.05) is 15.9 Å². The van der Waals surface area contributed by atoms with E-state index >= 15 is 0 Å². The Balaban J connectivity index is 1.93. The van der Waals surface area contributed by atoms with Gasteiger partial charge in [-0.25, -0.2) is 0 Å². The fraction of sp³-hybridized carbons (Fsp3) is 0.462. The summed E-state index contributed by atoms with van der Waals surface area (Å²) in [6.07, 6.45) is 1.59. The summed E-state index contributed by atoms with van der Waals surface area (Å²) in [7, 11) is 1.45. The molecule has 0 radical (unpaired) electrons. The number of esters is 1. The minimum Gasteiger partial charge on any atom is -0.469 e. The van der Waals surface area contributed by atoms with Crippen molar-refractivity contribution in [1.82, 2.24) is 0 Å². The molecule has 2 rings (SSSR count). The second-order valence-corrected chi connectivity index (χ2v) is 5.27. The van der Waals surface area contributed by atoms with Crippen LogP contribution in [0.4, 0.5) is 5.69 Å². The molecule has 0 spiro atoms. The van der Waals surface area contributed by atoms with Gasteiger partial charge in [-0.2, -0.15) is 0 Å². The van der Waals surface area contributed by atoms with Crippen molar-refractivity contribution in [3.63, 3.8) is 0 Å². The van der Waals surface area contributed by atoms with Crippen LogP contribution in [0.3, 0.4) is 0 Å². The van der Waals surface area contributed by atoms with Gasteiger partial charge in [0.05, 0.1) is 13.5 Å². The summed E-state index contributed by atoms with van der Waals surface area (Å²) in [5.74, 6) is 0.318. The third kappa shape index (κ3) is 3.22. The molecule has 1 aliphatic rings. The average Bonchev–Trinajstić information content (AvgIpc) is 2.78. The normalized spacial score (nSPS) is 19.4. The van der Waals surface area contributed by atoms with E-state index in [0.717, 1.165) is 24.0 Å². The Hall–Kier alpha value is -1.03. The summed E-state index contributed by atoms with van der Waals surface area (Å²) >= 11 is 3.43. The molecule has 0 saturated carbocycles. The number of halogens is 1. The minimum atomic E-state index is -0.104. The SMILES string of the molecule is COC(=O)CC1CCN(c2ccc(Br)cc2)C1. The molecule has 0 amide bonds. The van der Waals surface area contributed by atoms with Gasteiger partial charge in [0, 0.05) is 23.2 Å². The van der Waals surface area contributed by atoms with Crippen LogP contribution < -0.4 is 4.90 Å². The number of rotatable bonds is 3. The summed E-state index contributed by atoms with van der Waals surface area (Å²) in [5, 5.41) is 0. The minimum absolute atomic E-state index is 0.104. The smallest absolute Gasteiger partial charge is 0.305 e. The Kier molecular flexibility index (Phi) is 4.05. The summed E-state index contributed by atoms with van der Waals surface area (Å²) < 4.78 is 5.79. The third-order valence-electron chi connectivity index (χ3n) is 3.16. The Morgan fingerprint density at radius 1 is 1.47 bits per heavy atom. The topological polar surface area (TPSA) is 29.5 Å². The van der Waals surface area contributed by atoms with Crippen LogP contribution in [0.2, 0.25) is 0 Å². The van der Waals surface area contributed by atoms with Crippen LogP contribution in [0.15, 0.2) is 28.7 Å². The van der Waals surface area contributed by atoms with Gasteiger partial charge in [0.25, 0.3) is 0 Å². The predicted molar refractivity (Wildman–Crippen MR) is 71.1 cm³/mol. The van der Waals surface area contributed by atoms with Gasteiger partial charge >= 0.3 is 5.97 Å². The Labute approximate surface area is 110 Å². The third-order valence-corrected chi connectivity index (χ3v) is 3.69. The van der Waals surface area contributed by atoms with E-state index in [1.54, 1.807) is 0 Å². The summed E-state index contributed by atoms with van der Waals surface area (Å²) in [5.41, 5.74) is 1.22. The van der Waals surface area contributed by atoms with Crippen LogP contribution in [-0.4, -0.2) is 26.2 Å². The first-order valence-electron chi connectivity index (χ1n) is 5.76. The highest BCUT2D eigenvalue weighted by Crippen LogP contribution is 2.26. The molecule has 1 saturated heterocycles. The van der Waals surface area contributed by atoms with Crippen LogP contribution in [0.5, 0.6) is 0 Å². The number of benzene rings is 1. The number of carbonyl (C=O) groups excluding carboxylic acids is 1. The average molecular weight is 298 g/mol. The van der Waals surface area contributed by atoms with E-state index in [1.165, 1.54) is 12.8 Å². The first-order valence-corrected chi connectivity index (χ1v) is 6.55. The number of anilines is 1. The standard InChI is InChI=1S/C13H16BrNO2/c1-17-13(16)8-10-6-7-15(9-10)12-4-2-11(14)3-5-12/h2-5,10H,6-9H2,1H3. The number of carbonyl (C=O) groups is 1. The Morgan fingerprint density at radius 3 is 2.82 bits per heavy atom. The Bertz CT molecular complexity index is 391. The van der Waals surface area contributed by atoms with Crippen molar-refractivity contribution in [2.75, 3.05) is 25.1 Å². The molecule has 1 aromatic rings. The maximum Gasteiger partial charge on any atom is 0.305 e. The molecule has 1 unspecified atom stereocenters. The molecule has 1 atom stereocenters. The highest BCUT2D eigenvalue weighted by atomic mass is 79.9. The second-order valence-electron chi connectivity index (χ2n) is 4.36. The van der Waals surface area contributed by atoms with E-state index < -0.39 is 0 Å². The highest BCUT2D eigenvalue weighted by Gasteiger charge is 2.24. The maximum atomic E-state index is 11.2. The zero-order valence-corrected chi connectivity index (χ0v) is 11.4. The van der Waals surface area contributed by atoms with E-state index in [-0.39, 0.29) is 5.97 Å². The van der Waals surface area contributed by atoms with Crippen LogP contribution in [0.1, 0.15) is 12.8 Å². The van der Waals surface area contributed by atoms with Crippen molar-refractivity contribution in [3.8, 4) is 0 Å². The number of nitrogens with zero attached hydrogens (tertiary/aromatic N) is 1. The van der Waals surface area contributed by atoms with E-state index in [1.807, 2.05) is 12.1 Å². The van der Waals surface area contributed by atoms with Gasteiger partial charge in [-0.15, -0.1) is 0 Å². The van der Waals surface area contributed by atoms with Crippen LogP contribution >= 0.6 is 15.9 Å². The lowest BCUT2D eigenvalue weighted by Crippen LogP contribution is -2.20. The van der Waals surface area contributed by atoms with E-state index in [4.69, 9.17) is 4.74 Å². The molecule has 1 heterocycles. The molecule has 3 nitrogen and oxygen atoms in total. The quantitative estimate of drug-likeness (QED) is 0.804. The lowest BCUT2D eigenvalue weighted by atomic mass is 10.1. The largest absolute Gasteiger partial charge is 0.469 e. The van der Waals surface area contributed by atoms with Crippen LogP contribution in [0, 0.1) is 5.92 Å². The fourth-order valence-corrected chi connectivity index (χ4v) is 2.47. The van der Waals surface area contributed by atoms with Crippen molar-refractivity contribution >= 4 is 27.6 Å². The molecule has 0 aromatic heterocycles. The zero-order chi connectivity index (χ0) is 12.3. The molecule has 0 aliphatic carbocycles. The van der Waals surface area contributed by atoms with Crippen LogP contribution in [-0.2, 0) is 9.53 Å². The van der Waals surface area contributed by atoms with Gasteiger partial charge in [-0.05, 0) is 36.6 Å². The fourth-order valence-electron chi connectivity index (χ4n) is 2.20. The highest BCUT2D eigenvalue weighted by molar-refractivity contribution is 9.10. The van der Waals surface area contributed by atoms with Crippen molar-refractivity contribution in [3.05, 3.63) is 28.7 Å². The Morgan fingerprint density at radius 2 is 2.18 bits per heavy atom. The molecular formula is C13H16BrNO2. The van der Waals surface area contributed by atoms with Gasteiger partial charge in [0.1, 0.15) is 0 Å². The van der Waals surface area contributed by atoms with E-state index in [0.29, 0.717) is 12.3 Å². The second kappa shape index (κ2) is 5.54. The lowest BCUT2D eigenvalue weighted by Gasteiger charge is -2.18. The molecule has 0 N–H and O–H groups in total. The first kappa shape index (κ1) is 12.4. The van der Waals surface area contributed by atoms with Crippen molar-refractivity contribution < 1.29 is 9.53 Å².